The number of carbonyl (C=O) groups excluding carboxylic acids is 1. The van der Waals surface area contributed by atoms with E-state index in [4.69, 9.17) is 4.74 Å². The molecule has 1 heterocycles. The molecule has 1 fully saturated rings. The predicted molar refractivity (Wildman–Crippen MR) is 63.4 cm³/mol. The minimum Gasteiger partial charge on any atom is -0.381 e. The topological polar surface area (TPSA) is 38.3 Å². The number of amides is 1. The number of rotatable bonds is 3. The summed E-state index contributed by atoms with van der Waals surface area (Å²) in [7, 11) is 0. The van der Waals surface area contributed by atoms with Gasteiger partial charge in [0.15, 0.2) is 0 Å². The molecule has 16 heavy (non-hydrogen) atoms. The number of carbonyl (C=O) groups is 1. The summed E-state index contributed by atoms with van der Waals surface area (Å²) in [4.78, 5) is 11.3. The molecule has 1 N–H and O–H groups in total. The van der Waals surface area contributed by atoms with Gasteiger partial charge in [0.2, 0.25) is 5.91 Å². The van der Waals surface area contributed by atoms with Crippen LogP contribution in [0.25, 0.3) is 0 Å². The first-order chi connectivity index (χ1) is 7.81. The van der Waals surface area contributed by atoms with Crippen LogP contribution in [0.3, 0.4) is 0 Å². The molecule has 0 aliphatic carbocycles. The lowest BCUT2D eigenvalue weighted by Gasteiger charge is -2.14. The van der Waals surface area contributed by atoms with Crippen molar-refractivity contribution in [2.75, 3.05) is 18.5 Å². The molecule has 1 aromatic rings. The van der Waals surface area contributed by atoms with Crippen molar-refractivity contribution in [3.05, 3.63) is 42.5 Å². The second-order valence-corrected chi connectivity index (χ2v) is 3.84. The summed E-state index contributed by atoms with van der Waals surface area (Å²) in [6, 6.07) is 7.85. The molecule has 84 valence electrons. The van der Waals surface area contributed by atoms with Crippen LogP contribution >= 0.6 is 0 Å². The Balaban J connectivity index is 2.22. The van der Waals surface area contributed by atoms with E-state index in [1.165, 1.54) is 6.08 Å². The number of hydrogen-bond acceptors (Lipinski definition) is 2. The maximum Gasteiger partial charge on any atom is 0.247 e. The lowest BCUT2D eigenvalue weighted by molar-refractivity contribution is -0.111. The van der Waals surface area contributed by atoms with Crippen molar-refractivity contribution in [1.82, 2.24) is 0 Å². The minimum atomic E-state index is -0.175. The first-order valence-corrected chi connectivity index (χ1v) is 5.41. The smallest absolute Gasteiger partial charge is 0.247 e. The van der Waals surface area contributed by atoms with E-state index in [1.807, 2.05) is 24.3 Å². The van der Waals surface area contributed by atoms with Crippen LogP contribution in [0.4, 0.5) is 5.69 Å². The molecule has 0 saturated carbocycles. The van der Waals surface area contributed by atoms with Gasteiger partial charge in [0, 0.05) is 18.2 Å². The largest absolute Gasteiger partial charge is 0.381 e. The number of benzene rings is 1. The van der Waals surface area contributed by atoms with Crippen molar-refractivity contribution in [1.29, 1.82) is 0 Å². The van der Waals surface area contributed by atoms with Crippen molar-refractivity contribution in [2.24, 2.45) is 0 Å². The highest BCUT2D eigenvalue weighted by Crippen LogP contribution is 2.30. The van der Waals surface area contributed by atoms with Crippen molar-refractivity contribution < 1.29 is 9.53 Å². The lowest BCUT2D eigenvalue weighted by Crippen LogP contribution is -2.11. The van der Waals surface area contributed by atoms with Gasteiger partial charge >= 0.3 is 0 Å². The fourth-order valence-electron chi connectivity index (χ4n) is 1.93. The maximum absolute atomic E-state index is 11.3. The zero-order valence-corrected chi connectivity index (χ0v) is 9.11. The molecule has 1 unspecified atom stereocenters. The molecular weight excluding hydrogens is 202 g/mol. The monoisotopic (exact) mass is 217 g/mol. The maximum atomic E-state index is 11.3. The van der Waals surface area contributed by atoms with E-state index in [1.54, 1.807) is 0 Å². The van der Waals surface area contributed by atoms with Crippen LogP contribution in [0.1, 0.15) is 17.9 Å². The van der Waals surface area contributed by atoms with Crippen molar-refractivity contribution >= 4 is 11.6 Å². The quantitative estimate of drug-likeness (QED) is 0.789. The van der Waals surface area contributed by atoms with E-state index < -0.39 is 0 Å². The molecule has 0 spiro atoms. The summed E-state index contributed by atoms with van der Waals surface area (Å²) in [6.45, 7) is 4.98. The van der Waals surface area contributed by atoms with Gasteiger partial charge in [0.25, 0.3) is 0 Å². The molecule has 2 rings (SSSR count). The minimum absolute atomic E-state index is 0.175. The van der Waals surface area contributed by atoms with Gasteiger partial charge in [0.05, 0.1) is 6.61 Å². The predicted octanol–water partition coefficient (Wildman–Crippen LogP) is 2.32. The lowest BCUT2D eigenvalue weighted by atomic mass is 9.97. The van der Waals surface area contributed by atoms with Gasteiger partial charge < -0.3 is 10.1 Å². The third-order valence-electron chi connectivity index (χ3n) is 2.77. The number of para-hydroxylation sites is 1. The van der Waals surface area contributed by atoms with E-state index in [-0.39, 0.29) is 5.91 Å². The molecular formula is C13H15NO2. The molecule has 3 heteroatoms. The summed E-state index contributed by atoms with van der Waals surface area (Å²) >= 11 is 0. The van der Waals surface area contributed by atoms with Gasteiger partial charge in [-0.3, -0.25) is 4.79 Å². The summed E-state index contributed by atoms with van der Waals surface area (Å²) in [5, 5.41) is 2.82. The molecule has 0 radical (unpaired) electrons. The Morgan fingerprint density at radius 3 is 3.00 bits per heavy atom. The van der Waals surface area contributed by atoms with Gasteiger partial charge in [0.1, 0.15) is 0 Å². The van der Waals surface area contributed by atoms with Crippen molar-refractivity contribution in [2.45, 2.75) is 12.3 Å². The molecule has 3 nitrogen and oxygen atoms in total. The SMILES string of the molecule is C=CC(=O)Nc1ccccc1C1CCOC1. The summed E-state index contributed by atoms with van der Waals surface area (Å²) in [5.74, 6) is 0.215. The van der Waals surface area contributed by atoms with Crippen LogP contribution in [-0.2, 0) is 9.53 Å². The number of nitrogens with one attached hydrogen (secondary N) is 1. The van der Waals surface area contributed by atoms with Crippen LogP contribution in [-0.4, -0.2) is 19.1 Å². The zero-order chi connectivity index (χ0) is 11.4. The molecule has 0 bridgehead atoms. The Bertz CT molecular complexity index is 395. The molecule has 1 aliphatic heterocycles. The van der Waals surface area contributed by atoms with E-state index in [2.05, 4.69) is 11.9 Å². The van der Waals surface area contributed by atoms with Crippen molar-refractivity contribution in [3.8, 4) is 0 Å². The van der Waals surface area contributed by atoms with Crippen LogP contribution in [0.2, 0.25) is 0 Å². The van der Waals surface area contributed by atoms with Crippen LogP contribution in [0.5, 0.6) is 0 Å². The fraction of sp³-hybridized carbons (Fsp3) is 0.308. The normalized spacial score (nSPS) is 19.4. The second-order valence-electron chi connectivity index (χ2n) is 3.84. The van der Waals surface area contributed by atoms with E-state index >= 15 is 0 Å². The van der Waals surface area contributed by atoms with Gasteiger partial charge in [-0.2, -0.15) is 0 Å². The van der Waals surface area contributed by atoms with Gasteiger partial charge in [-0.25, -0.2) is 0 Å². The Labute approximate surface area is 95.1 Å². The first kappa shape index (κ1) is 10.9. The van der Waals surface area contributed by atoms with Crippen LogP contribution in [0.15, 0.2) is 36.9 Å². The molecule has 1 aliphatic rings. The fourth-order valence-corrected chi connectivity index (χ4v) is 1.93. The Morgan fingerprint density at radius 2 is 2.31 bits per heavy atom. The summed E-state index contributed by atoms with van der Waals surface area (Å²) < 4.78 is 5.36. The second kappa shape index (κ2) is 4.94. The highest BCUT2D eigenvalue weighted by atomic mass is 16.5. The average molecular weight is 217 g/mol. The van der Waals surface area contributed by atoms with Crippen LogP contribution in [0, 0.1) is 0 Å². The Hall–Kier alpha value is -1.61. The number of ether oxygens (including phenoxy) is 1. The molecule has 1 amide bonds. The highest BCUT2D eigenvalue weighted by Gasteiger charge is 2.20. The molecule has 1 aromatic carbocycles. The summed E-state index contributed by atoms with van der Waals surface area (Å²) in [6.07, 6.45) is 2.29. The number of anilines is 1. The van der Waals surface area contributed by atoms with Gasteiger partial charge in [-0.1, -0.05) is 24.8 Å². The van der Waals surface area contributed by atoms with Gasteiger partial charge in [-0.05, 0) is 24.1 Å². The molecule has 1 atom stereocenters. The highest BCUT2D eigenvalue weighted by molar-refractivity contribution is 5.99. The van der Waals surface area contributed by atoms with Gasteiger partial charge in [-0.15, -0.1) is 0 Å². The number of hydrogen-bond donors (Lipinski definition) is 1. The molecule has 0 aromatic heterocycles. The standard InChI is InChI=1S/C13H15NO2/c1-2-13(15)14-12-6-4-3-5-11(12)10-7-8-16-9-10/h2-6,10H,1,7-9H2,(H,14,15). The molecule has 1 saturated heterocycles. The third-order valence-corrected chi connectivity index (χ3v) is 2.77. The first-order valence-electron chi connectivity index (χ1n) is 5.41. The Morgan fingerprint density at radius 1 is 1.50 bits per heavy atom. The van der Waals surface area contributed by atoms with E-state index in [0.717, 1.165) is 30.9 Å². The van der Waals surface area contributed by atoms with E-state index in [9.17, 15) is 4.79 Å². The van der Waals surface area contributed by atoms with Crippen molar-refractivity contribution in [3.63, 3.8) is 0 Å². The zero-order valence-electron chi connectivity index (χ0n) is 9.11. The third kappa shape index (κ3) is 2.31. The average Bonchev–Trinajstić information content (AvgIpc) is 2.83. The van der Waals surface area contributed by atoms with E-state index in [0.29, 0.717) is 5.92 Å². The van der Waals surface area contributed by atoms with Crippen LogP contribution < -0.4 is 5.32 Å². The summed E-state index contributed by atoms with van der Waals surface area (Å²) in [5.41, 5.74) is 2.01. The Kier molecular flexibility index (Phi) is 3.37.